The topological polar surface area (TPSA) is 49.9 Å². The summed E-state index contributed by atoms with van der Waals surface area (Å²) >= 11 is 15.0. The number of anilines is 1. The molecule has 0 aromatic heterocycles. The second kappa shape index (κ2) is 8.50. The monoisotopic (exact) mass is 532 g/mol. The van der Waals surface area contributed by atoms with Crippen LogP contribution in [0.2, 0.25) is 10.0 Å². The number of hydrogen-bond donors (Lipinski definition) is 0. The fraction of sp³-hybridized carbons (Fsp3) is 0.294. The number of halogens is 6. The van der Waals surface area contributed by atoms with Crippen molar-refractivity contribution in [2.24, 2.45) is 0 Å². The molecule has 1 aliphatic heterocycles. The molecule has 0 saturated carbocycles. The molecule has 3 rings (SSSR count). The molecule has 0 radical (unpaired) electrons. The van der Waals surface area contributed by atoms with Crippen LogP contribution in [0.15, 0.2) is 45.8 Å². The third kappa shape index (κ3) is 5.29. The van der Waals surface area contributed by atoms with Gasteiger partial charge in [0.2, 0.25) is 10.0 Å². The van der Waals surface area contributed by atoms with E-state index in [1.807, 2.05) is 4.90 Å². The minimum absolute atomic E-state index is 0.0874. The van der Waals surface area contributed by atoms with Crippen molar-refractivity contribution >= 4 is 54.8 Å². The number of piperazine rings is 1. The normalized spacial score (nSPS) is 16.1. The lowest BCUT2D eigenvalue weighted by Crippen LogP contribution is -2.48. The van der Waals surface area contributed by atoms with E-state index < -0.39 is 27.0 Å². The lowest BCUT2D eigenvalue weighted by molar-refractivity contribution is -0.275. The van der Waals surface area contributed by atoms with Gasteiger partial charge >= 0.3 is 6.36 Å². The van der Waals surface area contributed by atoms with Gasteiger partial charge in [0, 0.05) is 36.3 Å². The minimum atomic E-state index is -5.02. The summed E-state index contributed by atoms with van der Waals surface area (Å²) in [6, 6.07) is 8.51. The molecule has 158 valence electrons. The molecule has 0 N–H and O–H groups in total. The Balaban J connectivity index is 1.80. The van der Waals surface area contributed by atoms with E-state index in [1.165, 1.54) is 6.07 Å². The third-order valence-corrected chi connectivity index (χ3v) is 7.43. The summed E-state index contributed by atoms with van der Waals surface area (Å²) < 4.78 is 69.4. The van der Waals surface area contributed by atoms with Crippen LogP contribution in [0.25, 0.3) is 0 Å². The highest BCUT2D eigenvalue weighted by Crippen LogP contribution is 2.35. The Morgan fingerprint density at radius 1 is 0.966 bits per heavy atom. The van der Waals surface area contributed by atoms with Gasteiger partial charge in [0.1, 0.15) is 4.90 Å². The average molecular weight is 534 g/mol. The number of nitrogens with zero attached hydrogens (tertiary/aromatic N) is 2. The molecule has 1 fully saturated rings. The van der Waals surface area contributed by atoms with Gasteiger partial charge in [-0.3, -0.25) is 0 Å². The predicted octanol–water partition coefficient (Wildman–Crippen LogP) is 5.17. The van der Waals surface area contributed by atoms with Crippen molar-refractivity contribution < 1.29 is 26.3 Å². The van der Waals surface area contributed by atoms with Gasteiger partial charge in [-0.15, -0.1) is 13.2 Å². The number of alkyl halides is 3. The summed E-state index contributed by atoms with van der Waals surface area (Å²) in [5.41, 5.74) is 0.779. The Hall–Kier alpha value is -1.20. The Morgan fingerprint density at radius 3 is 2.21 bits per heavy atom. The maximum absolute atomic E-state index is 13.0. The first-order chi connectivity index (χ1) is 13.5. The van der Waals surface area contributed by atoms with E-state index >= 15 is 0 Å². The molecular formula is C17H14BrCl2F3N2O3S. The van der Waals surface area contributed by atoms with Crippen LogP contribution in [0.1, 0.15) is 0 Å². The number of benzene rings is 2. The molecule has 0 bridgehead atoms. The molecular weight excluding hydrogens is 520 g/mol. The van der Waals surface area contributed by atoms with Crippen molar-refractivity contribution in [2.75, 3.05) is 31.1 Å². The second-order valence-electron chi connectivity index (χ2n) is 6.13. The van der Waals surface area contributed by atoms with E-state index in [0.717, 1.165) is 22.1 Å². The first-order valence-electron chi connectivity index (χ1n) is 8.23. The summed E-state index contributed by atoms with van der Waals surface area (Å²) in [7, 11) is -4.19. The van der Waals surface area contributed by atoms with Crippen LogP contribution in [0.3, 0.4) is 0 Å². The van der Waals surface area contributed by atoms with E-state index in [9.17, 15) is 21.6 Å². The number of ether oxygens (including phenoxy) is 1. The van der Waals surface area contributed by atoms with Gasteiger partial charge in [0.25, 0.3) is 0 Å². The van der Waals surface area contributed by atoms with Crippen LogP contribution >= 0.6 is 39.1 Å². The Labute approximate surface area is 184 Å². The van der Waals surface area contributed by atoms with Gasteiger partial charge in [0.15, 0.2) is 5.75 Å². The number of rotatable bonds is 4. The quantitative estimate of drug-likeness (QED) is 0.544. The fourth-order valence-corrected chi connectivity index (χ4v) is 5.06. The second-order valence-corrected chi connectivity index (χ2v) is 9.76. The summed E-state index contributed by atoms with van der Waals surface area (Å²) in [6.45, 7) is 0.848. The summed E-state index contributed by atoms with van der Waals surface area (Å²) in [4.78, 5) is 1.38. The molecule has 0 spiro atoms. The molecule has 5 nitrogen and oxygen atoms in total. The maximum atomic E-state index is 13.0. The van der Waals surface area contributed by atoms with Gasteiger partial charge in [-0.1, -0.05) is 39.1 Å². The van der Waals surface area contributed by atoms with E-state index in [-0.39, 0.29) is 17.6 Å². The van der Waals surface area contributed by atoms with Crippen LogP contribution in [-0.4, -0.2) is 45.3 Å². The molecule has 2 aromatic rings. The molecule has 1 aliphatic rings. The van der Waals surface area contributed by atoms with Gasteiger partial charge in [-0.25, -0.2) is 8.42 Å². The van der Waals surface area contributed by atoms with Gasteiger partial charge in [-0.2, -0.15) is 4.31 Å². The van der Waals surface area contributed by atoms with Crippen LogP contribution in [0.5, 0.6) is 5.75 Å². The molecule has 0 unspecified atom stereocenters. The average Bonchev–Trinajstić information content (AvgIpc) is 2.62. The van der Waals surface area contributed by atoms with Crippen LogP contribution in [-0.2, 0) is 10.0 Å². The van der Waals surface area contributed by atoms with Crippen molar-refractivity contribution in [3.05, 3.63) is 50.9 Å². The highest BCUT2D eigenvalue weighted by atomic mass is 79.9. The van der Waals surface area contributed by atoms with E-state index in [0.29, 0.717) is 23.1 Å². The van der Waals surface area contributed by atoms with Crippen LogP contribution < -0.4 is 9.64 Å². The third-order valence-electron chi connectivity index (χ3n) is 4.26. The van der Waals surface area contributed by atoms with Crippen molar-refractivity contribution in [3.63, 3.8) is 0 Å². The molecule has 0 aliphatic carbocycles. The SMILES string of the molecule is O=S(=O)(c1ccc(Br)cc1OC(F)(F)F)N1CCN(c2ccc(Cl)c(Cl)c2)CC1. The van der Waals surface area contributed by atoms with Crippen molar-refractivity contribution in [3.8, 4) is 5.75 Å². The van der Waals surface area contributed by atoms with E-state index in [4.69, 9.17) is 23.2 Å². The maximum Gasteiger partial charge on any atom is 0.573 e. The molecule has 2 aromatic carbocycles. The van der Waals surface area contributed by atoms with Gasteiger partial charge < -0.3 is 9.64 Å². The standard InChI is InChI=1S/C17H14BrCl2F3N2O3S/c18-11-1-4-16(15(9-11)28-17(21,22)23)29(26,27)25-7-5-24(6-8-25)12-2-3-13(19)14(20)10-12/h1-4,9-10H,5-8H2. The molecule has 0 amide bonds. The molecule has 1 heterocycles. The first-order valence-corrected chi connectivity index (χ1v) is 11.2. The van der Waals surface area contributed by atoms with Crippen LogP contribution in [0.4, 0.5) is 18.9 Å². The van der Waals surface area contributed by atoms with Crippen molar-refractivity contribution in [1.82, 2.24) is 4.31 Å². The number of sulfonamides is 1. The Bertz CT molecular complexity index is 1010. The van der Waals surface area contributed by atoms with Gasteiger partial charge in [0.05, 0.1) is 10.0 Å². The number of hydrogen-bond acceptors (Lipinski definition) is 4. The highest BCUT2D eigenvalue weighted by Gasteiger charge is 2.36. The molecule has 12 heteroatoms. The lowest BCUT2D eigenvalue weighted by atomic mass is 10.2. The minimum Gasteiger partial charge on any atom is -0.404 e. The Kier molecular flexibility index (Phi) is 6.59. The largest absolute Gasteiger partial charge is 0.573 e. The van der Waals surface area contributed by atoms with Crippen molar-refractivity contribution in [1.29, 1.82) is 0 Å². The zero-order chi connectivity index (χ0) is 21.4. The molecule has 29 heavy (non-hydrogen) atoms. The first kappa shape index (κ1) is 22.5. The summed E-state index contributed by atoms with van der Waals surface area (Å²) in [5.74, 6) is -0.779. The van der Waals surface area contributed by atoms with Crippen LogP contribution in [0, 0.1) is 0 Å². The lowest BCUT2D eigenvalue weighted by Gasteiger charge is -2.35. The zero-order valence-corrected chi connectivity index (χ0v) is 18.5. The summed E-state index contributed by atoms with van der Waals surface area (Å²) in [6.07, 6.45) is -5.02. The van der Waals surface area contributed by atoms with Crippen molar-refractivity contribution in [2.45, 2.75) is 11.3 Å². The summed E-state index contributed by atoms with van der Waals surface area (Å²) in [5, 5.41) is 0.784. The van der Waals surface area contributed by atoms with E-state index in [1.54, 1.807) is 18.2 Å². The highest BCUT2D eigenvalue weighted by molar-refractivity contribution is 9.10. The smallest absolute Gasteiger partial charge is 0.404 e. The Morgan fingerprint density at radius 2 is 1.62 bits per heavy atom. The molecule has 0 atom stereocenters. The predicted molar refractivity (Wildman–Crippen MR) is 108 cm³/mol. The zero-order valence-electron chi connectivity index (χ0n) is 14.6. The fourth-order valence-electron chi connectivity index (χ4n) is 2.91. The molecule has 1 saturated heterocycles. The van der Waals surface area contributed by atoms with Gasteiger partial charge in [-0.05, 0) is 36.4 Å². The van der Waals surface area contributed by atoms with E-state index in [2.05, 4.69) is 20.7 Å².